The smallest absolute Gasteiger partial charge is 0.253 e. The SMILES string of the molecule is O=C(NCC1CCN(C(=O)c2ccncc2)CC1)c1ccc(Br)cc1. The molecule has 2 amide bonds. The fourth-order valence-electron chi connectivity index (χ4n) is 2.96. The zero-order chi connectivity index (χ0) is 17.6. The second-order valence-electron chi connectivity index (χ2n) is 6.19. The molecular formula is C19H20BrN3O2. The standard InChI is InChI=1S/C19H20BrN3O2/c20-17-3-1-15(2-4-17)18(24)22-13-14-7-11-23(12-8-14)19(25)16-5-9-21-10-6-16/h1-6,9-10,14H,7-8,11-13H2,(H,22,24). The number of benzene rings is 1. The molecule has 1 N–H and O–H groups in total. The van der Waals surface area contributed by atoms with E-state index in [1.807, 2.05) is 17.0 Å². The lowest BCUT2D eigenvalue weighted by atomic mass is 9.96. The summed E-state index contributed by atoms with van der Waals surface area (Å²) in [5.74, 6) is 0.406. The zero-order valence-corrected chi connectivity index (χ0v) is 15.4. The molecule has 3 rings (SSSR count). The highest BCUT2D eigenvalue weighted by molar-refractivity contribution is 9.10. The van der Waals surface area contributed by atoms with Crippen LogP contribution in [0.2, 0.25) is 0 Å². The summed E-state index contributed by atoms with van der Waals surface area (Å²) in [6.07, 6.45) is 5.07. The van der Waals surface area contributed by atoms with Crippen molar-refractivity contribution in [3.05, 3.63) is 64.4 Å². The van der Waals surface area contributed by atoms with Gasteiger partial charge >= 0.3 is 0 Å². The van der Waals surface area contributed by atoms with Crippen molar-refractivity contribution in [2.24, 2.45) is 5.92 Å². The Bertz CT molecular complexity index is 726. The number of carbonyl (C=O) groups is 2. The van der Waals surface area contributed by atoms with Crippen molar-refractivity contribution in [1.82, 2.24) is 15.2 Å². The van der Waals surface area contributed by atoms with Crippen LogP contribution in [0.4, 0.5) is 0 Å². The number of hydrogen-bond acceptors (Lipinski definition) is 3. The number of aromatic nitrogens is 1. The van der Waals surface area contributed by atoms with E-state index in [0.29, 0.717) is 23.6 Å². The van der Waals surface area contributed by atoms with E-state index in [-0.39, 0.29) is 11.8 Å². The minimum Gasteiger partial charge on any atom is -0.352 e. The van der Waals surface area contributed by atoms with Gasteiger partial charge in [0.25, 0.3) is 11.8 Å². The highest BCUT2D eigenvalue weighted by atomic mass is 79.9. The van der Waals surface area contributed by atoms with Crippen molar-refractivity contribution in [2.45, 2.75) is 12.8 Å². The van der Waals surface area contributed by atoms with Crippen molar-refractivity contribution < 1.29 is 9.59 Å². The van der Waals surface area contributed by atoms with Crippen LogP contribution in [0.15, 0.2) is 53.3 Å². The van der Waals surface area contributed by atoms with E-state index in [1.54, 1.807) is 36.7 Å². The summed E-state index contributed by atoms with van der Waals surface area (Å²) in [7, 11) is 0. The summed E-state index contributed by atoms with van der Waals surface area (Å²) in [5, 5.41) is 3.00. The van der Waals surface area contributed by atoms with Gasteiger partial charge in [0.1, 0.15) is 0 Å². The van der Waals surface area contributed by atoms with Crippen LogP contribution in [-0.4, -0.2) is 41.3 Å². The fraction of sp³-hybridized carbons (Fsp3) is 0.316. The summed E-state index contributed by atoms with van der Waals surface area (Å²) in [6.45, 7) is 2.09. The highest BCUT2D eigenvalue weighted by Crippen LogP contribution is 2.18. The predicted octanol–water partition coefficient (Wildman–Crippen LogP) is 3.13. The van der Waals surface area contributed by atoms with Crippen LogP contribution >= 0.6 is 15.9 Å². The largest absolute Gasteiger partial charge is 0.352 e. The Morgan fingerprint density at radius 1 is 1.04 bits per heavy atom. The van der Waals surface area contributed by atoms with Crippen molar-refractivity contribution in [3.8, 4) is 0 Å². The Morgan fingerprint density at radius 3 is 2.32 bits per heavy atom. The minimum absolute atomic E-state index is 0.0530. The van der Waals surface area contributed by atoms with Gasteiger partial charge in [0.05, 0.1) is 0 Å². The van der Waals surface area contributed by atoms with E-state index >= 15 is 0 Å². The number of amides is 2. The molecule has 25 heavy (non-hydrogen) atoms. The lowest BCUT2D eigenvalue weighted by Gasteiger charge is -2.32. The molecule has 0 unspecified atom stereocenters. The number of nitrogens with one attached hydrogen (secondary N) is 1. The van der Waals surface area contributed by atoms with Crippen LogP contribution in [0.1, 0.15) is 33.6 Å². The molecule has 0 atom stereocenters. The maximum atomic E-state index is 12.4. The van der Waals surface area contributed by atoms with Crippen LogP contribution in [-0.2, 0) is 0 Å². The van der Waals surface area contributed by atoms with Gasteiger partial charge in [-0.15, -0.1) is 0 Å². The Morgan fingerprint density at radius 2 is 1.68 bits per heavy atom. The molecule has 1 aromatic carbocycles. The number of piperidine rings is 1. The van der Waals surface area contributed by atoms with Gasteiger partial charge in [0.15, 0.2) is 0 Å². The molecule has 0 aliphatic carbocycles. The number of likely N-dealkylation sites (tertiary alicyclic amines) is 1. The number of carbonyl (C=O) groups excluding carboxylic acids is 2. The van der Waals surface area contributed by atoms with Gasteiger partial charge < -0.3 is 10.2 Å². The summed E-state index contributed by atoms with van der Waals surface area (Å²) >= 11 is 3.36. The highest BCUT2D eigenvalue weighted by Gasteiger charge is 2.23. The van der Waals surface area contributed by atoms with Gasteiger partial charge in [-0.2, -0.15) is 0 Å². The monoisotopic (exact) mass is 401 g/mol. The van der Waals surface area contributed by atoms with Gasteiger partial charge in [-0.05, 0) is 55.2 Å². The van der Waals surface area contributed by atoms with Crippen LogP contribution in [0.3, 0.4) is 0 Å². The fourth-order valence-corrected chi connectivity index (χ4v) is 3.22. The third-order valence-corrected chi connectivity index (χ3v) is 5.02. The van der Waals surface area contributed by atoms with Crippen LogP contribution in [0.25, 0.3) is 0 Å². The third kappa shape index (κ3) is 4.66. The molecule has 2 aromatic rings. The first kappa shape index (κ1) is 17.6. The molecule has 0 radical (unpaired) electrons. The first-order valence-corrected chi connectivity index (χ1v) is 9.16. The Balaban J connectivity index is 1.45. The average molecular weight is 402 g/mol. The lowest BCUT2D eigenvalue weighted by molar-refractivity contribution is 0.0684. The van der Waals surface area contributed by atoms with E-state index in [4.69, 9.17) is 0 Å². The summed E-state index contributed by atoms with van der Waals surface area (Å²) < 4.78 is 0.954. The number of halogens is 1. The van der Waals surface area contributed by atoms with E-state index in [2.05, 4.69) is 26.2 Å². The average Bonchev–Trinajstić information content (AvgIpc) is 2.67. The van der Waals surface area contributed by atoms with Gasteiger partial charge in [-0.3, -0.25) is 14.6 Å². The topological polar surface area (TPSA) is 62.3 Å². The van der Waals surface area contributed by atoms with Gasteiger partial charge in [-0.25, -0.2) is 0 Å². The molecule has 1 aliphatic rings. The third-order valence-electron chi connectivity index (χ3n) is 4.49. The maximum absolute atomic E-state index is 12.4. The Kier molecular flexibility index (Phi) is 5.81. The summed E-state index contributed by atoms with van der Waals surface area (Å²) in [6, 6.07) is 10.8. The van der Waals surface area contributed by atoms with Crippen molar-refractivity contribution >= 4 is 27.7 Å². The molecule has 0 bridgehead atoms. The van der Waals surface area contributed by atoms with E-state index in [9.17, 15) is 9.59 Å². The lowest BCUT2D eigenvalue weighted by Crippen LogP contribution is -2.41. The van der Waals surface area contributed by atoms with Crippen molar-refractivity contribution in [2.75, 3.05) is 19.6 Å². The number of rotatable bonds is 4. The number of hydrogen-bond donors (Lipinski definition) is 1. The molecule has 1 fully saturated rings. The second-order valence-corrected chi connectivity index (χ2v) is 7.10. The summed E-state index contributed by atoms with van der Waals surface area (Å²) in [4.78, 5) is 30.4. The zero-order valence-electron chi connectivity index (χ0n) is 13.8. The first-order chi connectivity index (χ1) is 12.1. The van der Waals surface area contributed by atoms with Crippen LogP contribution in [0.5, 0.6) is 0 Å². The second kappa shape index (κ2) is 8.25. The van der Waals surface area contributed by atoms with E-state index < -0.39 is 0 Å². The summed E-state index contributed by atoms with van der Waals surface area (Å²) in [5.41, 5.74) is 1.34. The number of pyridine rings is 1. The van der Waals surface area contributed by atoms with Crippen LogP contribution < -0.4 is 5.32 Å². The first-order valence-electron chi connectivity index (χ1n) is 8.36. The van der Waals surface area contributed by atoms with Gasteiger partial charge in [-0.1, -0.05) is 15.9 Å². The quantitative estimate of drug-likeness (QED) is 0.855. The molecular weight excluding hydrogens is 382 g/mol. The molecule has 6 heteroatoms. The molecule has 1 aromatic heterocycles. The van der Waals surface area contributed by atoms with Crippen molar-refractivity contribution in [3.63, 3.8) is 0 Å². The molecule has 5 nitrogen and oxygen atoms in total. The van der Waals surface area contributed by atoms with Gasteiger partial charge in [0.2, 0.25) is 0 Å². The van der Waals surface area contributed by atoms with Crippen LogP contribution in [0, 0.1) is 5.92 Å². The molecule has 0 saturated carbocycles. The van der Waals surface area contributed by atoms with Crippen molar-refractivity contribution in [1.29, 1.82) is 0 Å². The Labute approximate surface area is 155 Å². The minimum atomic E-state index is -0.0530. The maximum Gasteiger partial charge on any atom is 0.253 e. The molecule has 130 valence electrons. The molecule has 1 saturated heterocycles. The normalized spacial score (nSPS) is 15.0. The van der Waals surface area contributed by atoms with E-state index in [0.717, 1.165) is 30.4 Å². The Hall–Kier alpha value is -2.21. The number of nitrogens with zero attached hydrogens (tertiary/aromatic N) is 2. The molecule has 1 aliphatic heterocycles. The predicted molar refractivity (Wildman–Crippen MR) is 99.3 cm³/mol. The van der Waals surface area contributed by atoms with Gasteiger partial charge in [0, 0.05) is 47.6 Å². The van der Waals surface area contributed by atoms with E-state index in [1.165, 1.54) is 0 Å². The molecule has 2 heterocycles. The molecule has 0 spiro atoms.